The third kappa shape index (κ3) is 5.48. The van der Waals surface area contributed by atoms with E-state index in [2.05, 4.69) is 58.4 Å². The van der Waals surface area contributed by atoms with E-state index < -0.39 is 0 Å². The molecule has 0 bridgehead atoms. The van der Waals surface area contributed by atoms with Crippen LogP contribution in [0.2, 0.25) is 0 Å². The number of piperazine rings is 1. The first kappa shape index (κ1) is 21.9. The minimum atomic E-state index is 0.770. The normalized spacial score (nSPS) is 14.3. The first-order valence-electron chi connectivity index (χ1n) is 11.0. The van der Waals surface area contributed by atoms with Crippen molar-refractivity contribution >= 4 is 23.3 Å². The van der Waals surface area contributed by atoms with Crippen LogP contribution in [0, 0.1) is 6.92 Å². The van der Waals surface area contributed by atoms with Crippen molar-refractivity contribution in [3.05, 3.63) is 65.7 Å². The van der Waals surface area contributed by atoms with E-state index in [9.17, 15) is 0 Å². The lowest BCUT2D eigenvalue weighted by Gasteiger charge is -2.35. The summed E-state index contributed by atoms with van der Waals surface area (Å²) in [5, 5.41) is 3.43. The Kier molecular flexibility index (Phi) is 6.75. The van der Waals surface area contributed by atoms with Crippen LogP contribution in [-0.2, 0) is 6.54 Å². The highest BCUT2D eigenvalue weighted by molar-refractivity contribution is 5.62. The van der Waals surface area contributed by atoms with Crippen molar-refractivity contribution in [1.29, 1.82) is 0 Å². The summed E-state index contributed by atoms with van der Waals surface area (Å²) >= 11 is 0. The fourth-order valence-electron chi connectivity index (χ4n) is 3.78. The van der Waals surface area contributed by atoms with Gasteiger partial charge in [-0.1, -0.05) is 29.8 Å². The average Bonchev–Trinajstić information content (AvgIpc) is 2.81. The third-order valence-corrected chi connectivity index (χ3v) is 5.68. The quantitative estimate of drug-likeness (QED) is 0.607. The van der Waals surface area contributed by atoms with Crippen LogP contribution in [-0.4, -0.2) is 62.3 Å². The van der Waals surface area contributed by atoms with Crippen LogP contribution in [0.25, 0.3) is 0 Å². The van der Waals surface area contributed by atoms with Gasteiger partial charge in [0.2, 0.25) is 5.95 Å². The average molecular weight is 433 g/mol. The Morgan fingerprint density at radius 1 is 0.969 bits per heavy atom. The van der Waals surface area contributed by atoms with Gasteiger partial charge in [0.15, 0.2) is 0 Å². The fraction of sp³-hybridized carbons (Fsp3) is 0.360. The van der Waals surface area contributed by atoms with Crippen molar-refractivity contribution in [3.63, 3.8) is 0 Å². The number of rotatable bonds is 7. The number of hydrogen-bond donors (Lipinski definition) is 1. The molecular weight excluding hydrogens is 400 g/mol. The summed E-state index contributed by atoms with van der Waals surface area (Å²) in [7, 11) is 5.73. The molecule has 0 spiro atoms. The fourth-order valence-corrected chi connectivity index (χ4v) is 3.78. The molecule has 1 saturated heterocycles. The van der Waals surface area contributed by atoms with Crippen LogP contribution in [0.15, 0.2) is 54.6 Å². The van der Waals surface area contributed by atoms with E-state index in [1.807, 2.05) is 37.2 Å². The van der Waals surface area contributed by atoms with Gasteiger partial charge in [-0.3, -0.25) is 4.90 Å². The molecule has 0 aliphatic carbocycles. The van der Waals surface area contributed by atoms with Crippen molar-refractivity contribution in [3.8, 4) is 5.75 Å². The summed E-state index contributed by atoms with van der Waals surface area (Å²) in [6, 6.07) is 18.6. The van der Waals surface area contributed by atoms with E-state index in [0.29, 0.717) is 0 Å². The maximum atomic E-state index is 5.36. The molecule has 7 nitrogen and oxygen atoms in total. The van der Waals surface area contributed by atoms with E-state index in [1.54, 1.807) is 7.11 Å². The number of ether oxygens (including phenoxy) is 1. The molecule has 168 valence electrons. The second kappa shape index (κ2) is 9.87. The van der Waals surface area contributed by atoms with E-state index in [0.717, 1.165) is 61.7 Å². The molecule has 7 heteroatoms. The van der Waals surface area contributed by atoms with Crippen molar-refractivity contribution in [1.82, 2.24) is 14.9 Å². The van der Waals surface area contributed by atoms with Gasteiger partial charge < -0.3 is 19.9 Å². The Bertz CT molecular complexity index is 1030. The van der Waals surface area contributed by atoms with Crippen LogP contribution >= 0.6 is 0 Å². The minimum Gasteiger partial charge on any atom is -0.497 e. The highest BCUT2D eigenvalue weighted by Gasteiger charge is 2.20. The molecule has 1 aliphatic rings. The lowest BCUT2D eigenvalue weighted by molar-refractivity contribution is 0.248. The third-order valence-electron chi connectivity index (χ3n) is 5.68. The van der Waals surface area contributed by atoms with Crippen LogP contribution in [0.5, 0.6) is 5.75 Å². The zero-order valence-corrected chi connectivity index (χ0v) is 19.4. The van der Waals surface area contributed by atoms with Crippen molar-refractivity contribution in [2.45, 2.75) is 13.5 Å². The Morgan fingerprint density at radius 3 is 2.41 bits per heavy atom. The molecule has 2 heterocycles. The molecule has 1 N–H and O–H groups in total. The lowest BCUT2D eigenvalue weighted by atomic mass is 10.2. The van der Waals surface area contributed by atoms with Gasteiger partial charge in [0.1, 0.15) is 17.4 Å². The Hall–Kier alpha value is -3.32. The second-order valence-electron chi connectivity index (χ2n) is 8.41. The van der Waals surface area contributed by atoms with Gasteiger partial charge in [-0.05, 0) is 36.8 Å². The molecule has 2 aromatic carbocycles. The predicted molar refractivity (Wildman–Crippen MR) is 131 cm³/mol. The molecular formula is C25H32N6O. The predicted octanol–water partition coefficient (Wildman–Crippen LogP) is 3.93. The van der Waals surface area contributed by atoms with Gasteiger partial charge in [0.05, 0.1) is 7.11 Å². The van der Waals surface area contributed by atoms with Crippen molar-refractivity contribution in [2.24, 2.45) is 0 Å². The Balaban J connectivity index is 1.44. The van der Waals surface area contributed by atoms with Gasteiger partial charge in [0.25, 0.3) is 0 Å². The number of aromatic nitrogens is 2. The minimum absolute atomic E-state index is 0.770. The van der Waals surface area contributed by atoms with E-state index in [4.69, 9.17) is 14.7 Å². The standard InChI is InChI=1S/C25H32N6O/c1-19-8-10-21(11-9-19)26-23-17-24(29(2)3)28-25(27-23)31-14-12-30(13-15-31)18-20-6-5-7-22(16-20)32-4/h5-11,16-17H,12-15,18H2,1-4H3,(H,26,27,28). The maximum Gasteiger partial charge on any atom is 0.229 e. The number of benzene rings is 2. The summed E-state index contributed by atoms with van der Waals surface area (Å²) in [5.41, 5.74) is 3.53. The first-order valence-corrected chi connectivity index (χ1v) is 11.0. The van der Waals surface area contributed by atoms with E-state index in [-0.39, 0.29) is 0 Å². The Morgan fingerprint density at radius 2 is 1.72 bits per heavy atom. The SMILES string of the molecule is COc1cccc(CN2CCN(c3nc(Nc4ccc(C)cc4)cc(N(C)C)n3)CC2)c1. The highest BCUT2D eigenvalue weighted by atomic mass is 16.5. The summed E-state index contributed by atoms with van der Waals surface area (Å²) in [6.45, 7) is 6.73. The number of methoxy groups -OCH3 is 1. The molecule has 0 radical (unpaired) electrons. The monoisotopic (exact) mass is 432 g/mol. The molecule has 3 aromatic rings. The topological polar surface area (TPSA) is 56.8 Å². The first-order chi connectivity index (χ1) is 15.5. The number of aryl methyl sites for hydroxylation is 1. The van der Waals surface area contributed by atoms with Crippen LogP contribution in [0.4, 0.5) is 23.3 Å². The lowest BCUT2D eigenvalue weighted by Crippen LogP contribution is -2.46. The number of nitrogens with one attached hydrogen (secondary N) is 1. The molecule has 4 rings (SSSR count). The summed E-state index contributed by atoms with van der Waals surface area (Å²) < 4.78 is 5.36. The molecule has 1 aromatic heterocycles. The maximum absolute atomic E-state index is 5.36. The smallest absolute Gasteiger partial charge is 0.229 e. The van der Waals surface area contributed by atoms with Crippen LogP contribution in [0.1, 0.15) is 11.1 Å². The number of anilines is 4. The summed E-state index contributed by atoms with van der Waals surface area (Å²) in [6.07, 6.45) is 0. The zero-order chi connectivity index (χ0) is 22.5. The molecule has 1 fully saturated rings. The summed E-state index contributed by atoms with van der Waals surface area (Å²) in [5.74, 6) is 3.38. The van der Waals surface area contributed by atoms with E-state index >= 15 is 0 Å². The van der Waals surface area contributed by atoms with Crippen LogP contribution < -0.4 is 19.9 Å². The second-order valence-corrected chi connectivity index (χ2v) is 8.41. The van der Waals surface area contributed by atoms with Crippen molar-refractivity contribution in [2.75, 3.05) is 62.5 Å². The molecule has 1 aliphatic heterocycles. The Labute approximate surface area is 190 Å². The van der Waals surface area contributed by atoms with Crippen molar-refractivity contribution < 1.29 is 4.74 Å². The molecule has 0 amide bonds. The number of nitrogens with zero attached hydrogens (tertiary/aromatic N) is 5. The molecule has 0 atom stereocenters. The molecule has 0 saturated carbocycles. The van der Waals surface area contributed by atoms with E-state index in [1.165, 1.54) is 11.1 Å². The van der Waals surface area contributed by atoms with Gasteiger partial charge in [0, 0.05) is 58.6 Å². The zero-order valence-electron chi connectivity index (χ0n) is 19.4. The number of hydrogen-bond acceptors (Lipinski definition) is 7. The molecule has 32 heavy (non-hydrogen) atoms. The van der Waals surface area contributed by atoms with Gasteiger partial charge in [-0.15, -0.1) is 0 Å². The molecule has 0 unspecified atom stereocenters. The van der Waals surface area contributed by atoms with Gasteiger partial charge >= 0.3 is 0 Å². The highest BCUT2D eigenvalue weighted by Crippen LogP contribution is 2.24. The summed E-state index contributed by atoms with van der Waals surface area (Å²) in [4.78, 5) is 16.4. The van der Waals surface area contributed by atoms with Gasteiger partial charge in [-0.2, -0.15) is 9.97 Å². The van der Waals surface area contributed by atoms with Gasteiger partial charge in [-0.25, -0.2) is 0 Å². The van der Waals surface area contributed by atoms with Crippen LogP contribution in [0.3, 0.4) is 0 Å². The largest absolute Gasteiger partial charge is 0.497 e.